The van der Waals surface area contributed by atoms with Crippen LogP contribution >= 0.6 is 11.3 Å². The molecule has 15 rings (SSSR count). The maximum absolute atomic E-state index is 15.4. The summed E-state index contributed by atoms with van der Waals surface area (Å²) in [6, 6.07) is 74.1. The highest BCUT2D eigenvalue weighted by molar-refractivity contribution is 7.24. The van der Waals surface area contributed by atoms with Crippen molar-refractivity contribution in [3.8, 4) is 46.0 Å². The van der Waals surface area contributed by atoms with Crippen molar-refractivity contribution in [2.75, 3.05) is 9.80 Å². The smallest absolute Gasteiger partial charge is 0.256 e. The molecule has 0 aliphatic carbocycles. The van der Waals surface area contributed by atoms with E-state index in [1.807, 2.05) is 84.9 Å². The lowest BCUT2D eigenvalue weighted by atomic mass is 9.34. The summed E-state index contributed by atoms with van der Waals surface area (Å²) in [6.07, 6.45) is 0. The summed E-state index contributed by atoms with van der Waals surface area (Å²) in [5.41, 5.74) is 12.2. The first kappa shape index (κ1) is 40.0. The van der Waals surface area contributed by atoms with E-state index in [1.54, 1.807) is 11.3 Å². The highest BCUT2D eigenvalue weighted by Gasteiger charge is 2.44. The molecule has 0 radical (unpaired) electrons. The van der Waals surface area contributed by atoms with Crippen LogP contribution in [0.5, 0.6) is 46.0 Å². The van der Waals surface area contributed by atoms with Gasteiger partial charge in [0.2, 0.25) is 0 Å². The summed E-state index contributed by atoms with van der Waals surface area (Å²) in [5.74, 6) is 5.63. The van der Waals surface area contributed by atoms with Crippen LogP contribution in [0.3, 0.4) is 0 Å². The normalized spacial score (nSPS) is 13.2. The zero-order valence-corrected chi connectivity index (χ0v) is 38.6. The highest BCUT2D eigenvalue weighted by Crippen LogP contribution is 2.46. The Morgan fingerprint density at radius 1 is 0.366 bits per heavy atom. The number of ether oxygens (including phenoxy) is 4. The topological polar surface area (TPSA) is 60.5 Å². The van der Waals surface area contributed by atoms with E-state index in [1.165, 1.54) is 0 Å². The molecule has 10 heteroatoms. The van der Waals surface area contributed by atoms with Crippen LogP contribution in [-0.2, 0) is 0 Å². The largest absolute Gasteiger partial charge is 0.458 e. The van der Waals surface area contributed by atoms with Gasteiger partial charge in [-0.1, -0.05) is 121 Å². The van der Waals surface area contributed by atoms with E-state index in [-0.39, 0.29) is 18.9 Å². The van der Waals surface area contributed by atoms with Crippen LogP contribution < -0.4 is 67.0 Å². The molecule has 0 saturated heterocycles. The minimum Gasteiger partial charge on any atom is -0.458 e. The van der Waals surface area contributed by atoms with Gasteiger partial charge in [0.05, 0.1) is 0 Å². The summed E-state index contributed by atoms with van der Waals surface area (Å²) in [6.45, 7) is -0.437. The third kappa shape index (κ3) is 6.21. The number of hydrogen-bond acceptors (Lipinski definition) is 8. The minimum atomic E-state index is -0.218. The second-order valence-corrected chi connectivity index (χ2v) is 19.4. The lowest BCUT2D eigenvalue weighted by Crippen LogP contribution is -2.59. The molecule has 7 nitrogen and oxygen atoms in total. The molecule has 0 bridgehead atoms. The van der Waals surface area contributed by atoms with Crippen molar-refractivity contribution < 1.29 is 18.9 Å². The van der Waals surface area contributed by atoms with Crippen molar-refractivity contribution in [2.45, 2.75) is 0 Å². The SMILES string of the molecule is O=c1c2cc3c(cc2sc2cc4c(cc12)B1c2ccccc2N(c2ccccc2)c2cc(Oc5ccccc5)cc(c21)O4)Oc1cc(Oc2ccccc2)cc2c1B3c1ccccc1N2c1ccccc1. The van der Waals surface area contributed by atoms with Gasteiger partial charge in [-0.15, -0.1) is 11.3 Å². The molecule has 0 atom stereocenters. The van der Waals surface area contributed by atoms with Gasteiger partial charge in [0, 0.05) is 78.6 Å². The van der Waals surface area contributed by atoms with Crippen molar-refractivity contribution in [2.24, 2.45) is 0 Å². The Labute approximate surface area is 413 Å². The average molecular weight is 931 g/mol. The van der Waals surface area contributed by atoms with Gasteiger partial charge < -0.3 is 28.7 Å². The summed E-state index contributed by atoms with van der Waals surface area (Å²) in [7, 11) is 0. The quantitative estimate of drug-likeness (QED) is 0.122. The van der Waals surface area contributed by atoms with Gasteiger partial charge >= 0.3 is 0 Å². The lowest BCUT2D eigenvalue weighted by molar-refractivity contribution is 0.463. The molecule has 11 aromatic rings. The van der Waals surface area contributed by atoms with Crippen molar-refractivity contribution in [1.29, 1.82) is 0 Å². The van der Waals surface area contributed by atoms with Gasteiger partial charge in [0.15, 0.2) is 5.43 Å². The zero-order chi connectivity index (χ0) is 46.7. The molecular formula is C61H36B2N2O5S. The molecule has 71 heavy (non-hydrogen) atoms. The number of para-hydroxylation sites is 6. The minimum absolute atomic E-state index is 0.0281. The van der Waals surface area contributed by atoms with Crippen molar-refractivity contribution in [3.63, 3.8) is 0 Å². The van der Waals surface area contributed by atoms with Gasteiger partial charge in [-0.05, 0) is 106 Å². The maximum Gasteiger partial charge on any atom is 0.256 e. The van der Waals surface area contributed by atoms with Gasteiger partial charge in [-0.2, -0.15) is 0 Å². The summed E-state index contributed by atoms with van der Waals surface area (Å²) in [4.78, 5) is 20.0. The predicted molar refractivity (Wildman–Crippen MR) is 290 cm³/mol. The molecule has 1 aromatic heterocycles. The standard InChI is InChI=1S/C61H36B2N2O5S/c66-61-43-33-47-53(69-55-31-41(67-39-21-9-3-10-22-39)29-51-59(55)62(47)45-25-13-15-27-49(45)64(51)37-17-5-1-6-18-37)35-57(43)71-58-36-54-48(34-44(58)61)63-46-26-14-16-28-50(46)65(38-19-7-2-8-20-38)52-30-42(32-56(70-54)60(52)63)68-40-23-11-4-12-24-40/h1-36H. The van der Waals surface area contributed by atoms with Crippen LogP contribution in [0.2, 0.25) is 0 Å². The number of nitrogens with zero attached hydrogens (tertiary/aromatic N) is 2. The van der Waals surface area contributed by atoms with Crippen LogP contribution in [0, 0.1) is 0 Å². The second-order valence-electron chi connectivity index (χ2n) is 18.3. The van der Waals surface area contributed by atoms with E-state index in [4.69, 9.17) is 18.9 Å². The Morgan fingerprint density at radius 2 is 0.761 bits per heavy atom. The van der Waals surface area contributed by atoms with E-state index in [2.05, 4.69) is 143 Å². The summed E-state index contributed by atoms with van der Waals surface area (Å²) in [5, 5.41) is 1.31. The number of fused-ring (bicyclic) bond motifs is 10. The number of benzene rings is 10. The van der Waals surface area contributed by atoms with Gasteiger partial charge in [0.25, 0.3) is 13.4 Å². The molecule has 10 aromatic carbocycles. The van der Waals surface area contributed by atoms with Crippen molar-refractivity contribution in [3.05, 3.63) is 229 Å². The number of hydrogen-bond donors (Lipinski definition) is 0. The van der Waals surface area contributed by atoms with E-state index >= 15 is 4.79 Å². The first-order valence-corrected chi connectivity index (χ1v) is 24.6. The van der Waals surface area contributed by atoms with E-state index in [0.717, 1.165) is 87.8 Å². The Morgan fingerprint density at radius 3 is 1.20 bits per heavy atom. The Bertz CT molecular complexity index is 3810. The highest BCUT2D eigenvalue weighted by atomic mass is 32.1. The summed E-state index contributed by atoms with van der Waals surface area (Å²) >= 11 is 1.58. The van der Waals surface area contributed by atoms with Crippen LogP contribution in [0.25, 0.3) is 20.2 Å². The Kier molecular flexibility index (Phi) is 8.73. The van der Waals surface area contributed by atoms with Crippen LogP contribution in [0.1, 0.15) is 0 Å². The van der Waals surface area contributed by atoms with E-state index in [0.29, 0.717) is 45.3 Å². The second kappa shape index (κ2) is 15.5. The van der Waals surface area contributed by atoms with E-state index in [9.17, 15) is 0 Å². The van der Waals surface area contributed by atoms with Crippen LogP contribution in [-0.4, -0.2) is 13.4 Å². The Balaban J connectivity index is 0.915. The third-order valence-corrected chi connectivity index (χ3v) is 15.3. The molecule has 4 aliphatic heterocycles. The Hall–Kier alpha value is -8.98. The van der Waals surface area contributed by atoms with Crippen molar-refractivity contribution >= 4 is 112 Å². The fourth-order valence-corrected chi connectivity index (χ4v) is 12.4. The number of rotatable bonds is 6. The zero-order valence-electron chi connectivity index (χ0n) is 37.8. The van der Waals surface area contributed by atoms with E-state index < -0.39 is 0 Å². The fraction of sp³-hybridized carbons (Fsp3) is 0. The van der Waals surface area contributed by atoms with Gasteiger partial charge in [-0.25, -0.2) is 0 Å². The predicted octanol–water partition coefficient (Wildman–Crippen LogP) is 11.8. The number of anilines is 6. The van der Waals surface area contributed by atoms with Gasteiger partial charge in [-0.3, -0.25) is 4.79 Å². The molecule has 0 fully saturated rings. The van der Waals surface area contributed by atoms with Crippen LogP contribution in [0.15, 0.2) is 223 Å². The molecule has 4 aliphatic rings. The van der Waals surface area contributed by atoms with Crippen LogP contribution in [0.4, 0.5) is 34.1 Å². The first-order valence-electron chi connectivity index (χ1n) is 23.7. The molecular weight excluding hydrogens is 894 g/mol. The molecule has 5 heterocycles. The molecule has 0 unspecified atom stereocenters. The van der Waals surface area contributed by atoms with Gasteiger partial charge in [0.1, 0.15) is 46.0 Å². The monoisotopic (exact) mass is 930 g/mol. The average Bonchev–Trinajstić information content (AvgIpc) is 3.41. The summed E-state index contributed by atoms with van der Waals surface area (Å²) < 4.78 is 28.8. The molecule has 332 valence electrons. The fourth-order valence-electron chi connectivity index (χ4n) is 11.3. The maximum atomic E-state index is 15.4. The first-order chi connectivity index (χ1) is 35.1. The molecule has 0 N–H and O–H groups in total. The third-order valence-electron chi connectivity index (χ3n) is 14.2. The molecule has 0 spiro atoms. The molecule has 0 saturated carbocycles. The lowest BCUT2D eigenvalue weighted by Gasteiger charge is -2.40. The molecule has 0 amide bonds. The van der Waals surface area contributed by atoms with Crippen molar-refractivity contribution in [1.82, 2.24) is 0 Å².